The van der Waals surface area contributed by atoms with Crippen LogP contribution in [0.25, 0.3) is 0 Å². The predicted molar refractivity (Wildman–Crippen MR) is 96.5 cm³/mol. The second kappa shape index (κ2) is 8.33. The molecule has 2 rings (SSSR count). The van der Waals surface area contributed by atoms with Crippen molar-refractivity contribution in [2.24, 2.45) is 11.7 Å². The Kier molecular flexibility index (Phi) is 6.41. The van der Waals surface area contributed by atoms with Gasteiger partial charge in [-0.15, -0.1) is 11.8 Å². The van der Waals surface area contributed by atoms with Crippen LogP contribution in [0.4, 0.5) is 5.69 Å². The smallest absolute Gasteiger partial charge is 0.283 e. The molecule has 2 atom stereocenters. The summed E-state index contributed by atoms with van der Waals surface area (Å²) < 4.78 is 0. The molecule has 1 fully saturated rings. The maximum atomic E-state index is 12.5. The van der Waals surface area contributed by atoms with Crippen molar-refractivity contribution in [3.8, 4) is 0 Å². The molecule has 7 nitrogen and oxygen atoms in total. The second-order valence-corrected chi connectivity index (χ2v) is 7.44. The van der Waals surface area contributed by atoms with E-state index in [0.29, 0.717) is 10.8 Å². The van der Waals surface area contributed by atoms with Crippen LogP contribution in [-0.2, 0) is 4.79 Å². The summed E-state index contributed by atoms with van der Waals surface area (Å²) in [5.41, 5.74) is 5.03. The van der Waals surface area contributed by atoms with Gasteiger partial charge in [-0.05, 0) is 30.9 Å². The molecule has 0 aliphatic heterocycles. The Bertz CT molecular complexity index is 680. The molecule has 25 heavy (non-hydrogen) atoms. The SMILES string of the molecule is CC1CCCCC1N(C)C(=O)CSc1ccc(C(N)=O)cc1[N+](=O)[O-]. The molecular formula is C17H23N3O4S. The quantitative estimate of drug-likeness (QED) is 0.474. The van der Waals surface area contributed by atoms with E-state index >= 15 is 0 Å². The van der Waals surface area contributed by atoms with E-state index in [9.17, 15) is 19.7 Å². The maximum Gasteiger partial charge on any atom is 0.283 e. The number of carbonyl (C=O) groups excluding carboxylic acids is 2. The maximum absolute atomic E-state index is 12.5. The fourth-order valence-electron chi connectivity index (χ4n) is 3.23. The van der Waals surface area contributed by atoms with Gasteiger partial charge < -0.3 is 10.6 Å². The largest absolute Gasteiger partial charge is 0.366 e. The van der Waals surface area contributed by atoms with Crippen LogP contribution in [0.1, 0.15) is 43.0 Å². The summed E-state index contributed by atoms with van der Waals surface area (Å²) in [5, 5.41) is 11.2. The Morgan fingerprint density at radius 1 is 1.36 bits per heavy atom. The molecule has 0 bridgehead atoms. The molecule has 1 aliphatic carbocycles. The molecule has 0 spiro atoms. The van der Waals surface area contributed by atoms with Gasteiger partial charge in [0.2, 0.25) is 11.8 Å². The lowest BCUT2D eigenvalue weighted by molar-refractivity contribution is -0.387. The van der Waals surface area contributed by atoms with Crippen molar-refractivity contribution in [2.45, 2.75) is 43.5 Å². The number of amides is 2. The topological polar surface area (TPSA) is 107 Å². The van der Waals surface area contributed by atoms with Crippen molar-refractivity contribution in [1.82, 2.24) is 4.90 Å². The lowest BCUT2D eigenvalue weighted by Gasteiger charge is -2.36. The lowest BCUT2D eigenvalue weighted by atomic mass is 9.85. The first-order valence-electron chi connectivity index (χ1n) is 8.28. The monoisotopic (exact) mass is 365 g/mol. The van der Waals surface area contributed by atoms with Crippen molar-refractivity contribution in [3.63, 3.8) is 0 Å². The number of carbonyl (C=O) groups is 2. The molecule has 2 amide bonds. The van der Waals surface area contributed by atoms with Crippen LogP contribution in [-0.4, -0.2) is 40.5 Å². The Hall–Kier alpha value is -2.09. The highest BCUT2D eigenvalue weighted by Crippen LogP contribution is 2.32. The van der Waals surface area contributed by atoms with Crippen molar-refractivity contribution in [2.75, 3.05) is 12.8 Å². The van der Waals surface area contributed by atoms with Gasteiger partial charge in [0.05, 0.1) is 15.6 Å². The van der Waals surface area contributed by atoms with E-state index in [0.717, 1.165) is 37.1 Å². The first-order valence-corrected chi connectivity index (χ1v) is 9.26. The Morgan fingerprint density at radius 2 is 2.04 bits per heavy atom. The first-order chi connectivity index (χ1) is 11.8. The Morgan fingerprint density at radius 3 is 2.64 bits per heavy atom. The van der Waals surface area contributed by atoms with Crippen LogP contribution >= 0.6 is 11.8 Å². The van der Waals surface area contributed by atoms with Gasteiger partial charge >= 0.3 is 0 Å². The van der Waals surface area contributed by atoms with Gasteiger partial charge in [-0.25, -0.2) is 0 Å². The highest BCUT2D eigenvalue weighted by Gasteiger charge is 2.28. The van der Waals surface area contributed by atoms with Crippen LogP contribution in [0.5, 0.6) is 0 Å². The third-order valence-corrected chi connectivity index (χ3v) is 5.80. The molecule has 2 N–H and O–H groups in total. The molecule has 1 aliphatic rings. The third-order valence-electron chi connectivity index (χ3n) is 4.75. The van der Waals surface area contributed by atoms with Crippen LogP contribution in [0.3, 0.4) is 0 Å². The summed E-state index contributed by atoms with van der Waals surface area (Å²) in [6.07, 6.45) is 4.45. The minimum absolute atomic E-state index is 0.0444. The molecule has 0 radical (unpaired) electrons. The van der Waals surface area contributed by atoms with Gasteiger partial charge in [0.15, 0.2) is 0 Å². The van der Waals surface area contributed by atoms with E-state index in [-0.39, 0.29) is 29.0 Å². The van der Waals surface area contributed by atoms with E-state index in [1.165, 1.54) is 18.6 Å². The molecule has 0 saturated heterocycles. The zero-order valence-electron chi connectivity index (χ0n) is 14.4. The molecular weight excluding hydrogens is 342 g/mol. The molecule has 8 heteroatoms. The van der Waals surface area contributed by atoms with Gasteiger partial charge in [0.25, 0.3) is 5.69 Å². The van der Waals surface area contributed by atoms with Crippen molar-refractivity contribution in [1.29, 1.82) is 0 Å². The van der Waals surface area contributed by atoms with E-state index in [1.807, 2.05) is 0 Å². The number of nitro groups is 1. The van der Waals surface area contributed by atoms with E-state index in [4.69, 9.17) is 5.73 Å². The zero-order valence-corrected chi connectivity index (χ0v) is 15.3. The fraction of sp³-hybridized carbons (Fsp3) is 0.529. The summed E-state index contributed by atoms with van der Waals surface area (Å²) >= 11 is 1.11. The minimum Gasteiger partial charge on any atom is -0.366 e. The number of hydrogen-bond donors (Lipinski definition) is 1. The number of nitro benzene ring substituents is 1. The zero-order chi connectivity index (χ0) is 18.6. The van der Waals surface area contributed by atoms with Crippen molar-refractivity contribution >= 4 is 29.3 Å². The summed E-state index contributed by atoms with van der Waals surface area (Å²) in [6.45, 7) is 2.16. The molecule has 0 heterocycles. The summed E-state index contributed by atoms with van der Waals surface area (Å²) in [5.74, 6) is -0.174. The molecule has 0 aromatic heterocycles. The second-order valence-electron chi connectivity index (χ2n) is 6.43. The van der Waals surface area contributed by atoms with Crippen LogP contribution < -0.4 is 5.73 Å². The van der Waals surface area contributed by atoms with Crippen LogP contribution in [0.2, 0.25) is 0 Å². The normalized spacial score (nSPS) is 20.1. The Labute approximate surface area is 151 Å². The highest BCUT2D eigenvalue weighted by molar-refractivity contribution is 8.00. The number of primary amides is 1. The van der Waals surface area contributed by atoms with Crippen LogP contribution in [0.15, 0.2) is 23.1 Å². The predicted octanol–water partition coefficient (Wildman–Crippen LogP) is 2.82. The van der Waals surface area contributed by atoms with E-state index in [2.05, 4.69) is 6.92 Å². The van der Waals surface area contributed by atoms with Gasteiger partial charge in [-0.2, -0.15) is 0 Å². The number of nitrogens with two attached hydrogens (primary N) is 1. The number of hydrogen-bond acceptors (Lipinski definition) is 5. The average molecular weight is 365 g/mol. The average Bonchev–Trinajstić information content (AvgIpc) is 2.59. The molecule has 1 aromatic rings. The number of rotatable bonds is 6. The first kappa shape index (κ1) is 19.2. The molecule has 1 aromatic carbocycles. The lowest BCUT2D eigenvalue weighted by Crippen LogP contribution is -2.43. The summed E-state index contributed by atoms with van der Waals surface area (Å²) in [4.78, 5) is 36.4. The minimum atomic E-state index is -0.721. The van der Waals surface area contributed by atoms with Gasteiger partial charge in [0.1, 0.15) is 0 Å². The summed E-state index contributed by atoms with van der Waals surface area (Å²) in [7, 11) is 1.81. The molecule has 2 unspecified atom stereocenters. The van der Waals surface area contributed by atoms with Crippen molar-refractivity contribution < 1.29 is 14.5 Å². The number of benzene rings is 1. The number of thioether (sulfide) groups is 1. The van der Waals surface area contributed by atoms with Crippen molar-refractivity contribution in [3.05, 3.63) is 33.9 Å². The molecule has 136 valence electrons. The Balaban J connectivity index is 2.06. The molecule has 1 saturated carbocycles. The van der Waals surface area contributed by atoms with Gasteiger partial charge in [-0.3, -0.25) is 19.7 Å². The number of nitrogens with zero attached hydrogens (tertiary/aromatic N) is 2. The fourth-order valence-corrected chi connectivity index (χ4v) is 4.16. The van der Waals surface area contributed by atoms with E-state index in [1.54, 1.807) is 11.9 Å². The van der Waals surface area contributed by atoms with Gasteiger partial charge in [-0.1, -0.05) is 19.8 Å². The van der Waals surface area contributed by atoms with Gasteiger partial charge in [0, 0.05) is 24.7 Å². The van der Waals surface area contributed by atoms with E-state index < -0.39 is 10.8 Å². The summed E-state index contributed by atoms with van der Waals surface area (Å²) in [6, 6.07) is 4.30. The van der Waals surface area contributed by atoms with Crippen LogP contribution in [0, 0.1) is 16.0 Å². The third kappa shape index (κ3) is 4.72. The highest BCUT2D eigenvalue weighted by atomic mass is 32.2. The standard InChI is InChI=1S/C17H23N3O4S/c1-11-5-3-4-6-13(11)19(2)16(21)10-25-15-8-7-12(17(18)22)9-14(15)20(23)24/h7-9,11,13H,3-6,10H2,1-2H3,(H2,18,22).